The summed E-state index contributed by atoms with van der Waals surface area (Å²) in [5.41, 5.74) is 3.07. The molecule has 0 aliphatic carbocycles. The zero-order valence-corrected chi connectivity index (χ0v) is 14.8. The van der Waals surface area contributed by atoms with Crippen molar-refractivity contribution in [1.29, 1.82) is 0 Å². The van der Waals surface area contributed by atoms with Gasteiger partial charge in [0.15, 0.2) is 5.82 Å². The van der Waals surface area contributed by atoms with E-state index in [-0.39, 0.29) is 6.10 Å². The van der Waals surface area contributed by atoms with Gasteiger partial charge in [-0.25, -0.2) is 9.50 Å². The van der Waals surface area contributed by atoms with E-state index in [1.54, 1.807) is 6.07 Å². The SMILES string of the molecule is CCCCC(OCc1ccccc1)c1nc(C)c2ccc(Cl)nn12. The fraction of sp³-hybridized carbons (Fsp3) is 0.368. The summed E-state index contributed by atoms with van der Waals surface area (Å²) >= 11 is 6.08. The molecule has 0 aliphatic heterocycles. The molecule has 0 N–H and O–H groups in total. The molecule has 2 aromatic heterocycles. The molecule has 5 heteroatoms. The van der Waals surface area contributed by atoms with Crippen molar-refractivity contribution in [1.82, 2.24) is 14.6 Å². The predicted octanol–water partition coefficient (Wildman–Crippen LogP) is 5.14. The topological polar surface area (TPSA) is 39.4 Å². The Balaban J connectivity index is 1.89. The summed E-state index contributed by atoms with van der Waals surface area (Å²) in [6.45, 7) is 4.73. The zero-order valence-electron chi connectivity index (χ0n) is 14.1. The Kier molecular flexibility index (Phi) is 5.48. The summed E-state index contributed by atoms with van der Waals surface area (Å²) < 4.78 is 8.03. The van der Waals surface area contributed by atoms with Gasteiger partial charge in [-0.05, 0) is 31.0 Å². The van der Waals surface area contributed by atoms with E-state index >= 15 is 0 Å². The van der Waals surface area contributed by atoms with Gasteiger partial charge in [0.25, 0.3) is 0 Å². The van der Waals surface area contributed by atoms with Crippen molar-refractivity contribution in [2.24, 2.45) is 0 Å². The number of fused-ring (bicyclic) bond motifs is 1. The van der Waals surface area contributed by atoms with Crippen molar-refractivity contribution in [3.8, 4) is 0 Å². The number of ether oxygens (including phenoxy) is 1. The van der Waals surface area contributed by atoms with Crippen LogP contribution in [0.3, 0.4) is 0 Å². The van der Waals surface area contributed by atoms with Crippen LogP contribution in [0.5, 0.6) is 0 Å². The van der Waals surface area contributed by atoms with E-state index in [9.17, 15) is 0 Å². The Bertz CT molecular complexity index is 801. The lowest BCUT2D eigenvalue weighted by atomic mass is 10.1. The maximum absolute atomic E-state index is 6.21. The van der Waals surface area contributed by atoms with Crippen molar-refractivity contribution >= 4 is 17.1 Å². The quantitative estimate of drug-likeness (QED) is 0.596. The number of imidazole rings is 1. The van der Waals surface area contributed by atoms with Crippen LogP contribution < -0.4 is 0 Å². The van der Waals surface area contributed by atoms with E-state index in [0.29, 0.717) is 11.8 Å². The summed E-state index contributed by atoms with van der Waals surface area (Å²) in [6.07, 6.45) is 3.00. The Morgan fingerprint density at radius 1 is 1.17 bits per heavy atom. The third kappa shape index (κ3) is 3.77. The minimum absolute atomic E-state index is 0.0997. The molecular formula is C19H22ClN3O. The smallest absolute Gasteiger partial charge is 0.159 e. The summed E-state index contributed by atoms with van der Waals surface area (Å²) in [7, 11) is 0. The van der Waals surface area contributed by atoms with Crippen molar-refractivity contribution in [3.05, 3.63) is 64.7 Å². The van der Waals surface area contributed by atoms with E-state index in [4.69, 9.17) is 21.3 Å². The minimum Gasteiger partial charge on any atom is -0.366 e. The Morgan fingerprint density at radius 3 is 2.71 bits per heavy atom. The molecule has 24 heavy (non-hydrogen) atoms. The first-order chi connectivity index (χ1) is 11.7. The van der Waals surface area contributed by atoms with E-state index in [1.165, 1.54) is 0 Å². The van der Waals surface area contributed by atoms with Crippen LogP contribution in [0.1, 0.15) is 49.4 Å². The number of aryl methyl sites for hydroxylation is 1. The van der Waals surface area contributed by atoms with E-state index < -0.39 is 0 Å². The highest BCUT2D eigenvalue weighted by Crippen LogP contribution is 2.26. The van der Waals surface area contributed by atoms with Crippen LogP contribution in [0.25, 0.3) is 5.52 Å². The summed E-state index contributed by atoms with van der Waals surface area (Å²) in [4.78, 5) is 4.71. The lowest BCUT2D eigenvalue weighted by Gasteiger charge is -2.16. The van der Waals surface area contributed by atoms with Crippen molar-refractivity contribution in [2.45, 2.75) is 45.8 Å². The second-order valence-corrected chi connectivity index (χ2v) is 6.32. The van der Waals surface area contributed by atoms with Gasteiger partial charge in [-0.3, -0.25) is 0 Å². The fourth-order valence-corrected chi connectivity index (χ4v) is 2.92. The average molecular weight is 344 g/mol. The molecule has 126 valence electrons. The predicted molar refractivity (Wildman–Crippen MR) is 96.2 cm³/mol. The summed E-state index contributed by atoms with van der Waals surface area (Å²) in [6, 6.07) is 13.9. The molecule has 0 saturated carbocycles. The monoisotopic (exact) mass is 343 g/mol. The van der Waals surface area contributed by atoms with Crippen LogP contribution in [-0.2, 0) is 11.3 Å². The lowest BCUT2D eigenvalue weighted by molar-refractivity contribution is 0.0256. The normalized spacial score (nSPS) is 12.6. The first kappa shape index (κ1) is 16.9. The van der Waals surface area contributed by atoms with Crippen molar-refractivity contribution in [3.63, 3.8) is 0 Å². The molecule has 0 aliphatic rings. The van der Waals surface area contributed by atoms with Crippen molar-refractivity contribution in [2.75, 3.05) is 0 Å². The molecule has 0 amide bonds. The molecule has 3 rings (SSSR count). The van der Waals surface area contributed by atoms with Gasteiger partial charge in [0, 0.05) is 0 Å². The van der Waals surface area contributed by atoms with Gasteiger partial charge in [0.1, 0.15) is 11.3 Å². The second kappa shape index (κ2) is 7.77. The Labute approximate surface area is 147 Å². The highest BCUT2D eigenvalue weighted by atomic mass is 35.5. The van der Waals surface area contributed by atoms with Gasteiger partial charge in [-0.2, -0.15) is 5.10 Å². The van der Waals surface area contributed by atoms with E-state index in [2.05, 4.69) is 24.2 Å². The summed E-state index contributed by atoms with van der Waals surface area (Å²) in [5, 5.41) is 4.88. The number of unbranched alkanes of at least 4 members (excludes halogenated alkanes) is 1. The largest absolute Gasteiger partial charge is 0.366 e. The molecule has 1 unspecified atom stereocenters. The van der Waals surface area contributed by atoms with E-state index in [1.807, 2.05) is 35.7 Å². The third-order valence-corrected chi connectivity index (χ3v) is 4.28. The maximum Gasteiger partial charge on any atom is 0.159 e. The molecule has 4 nitrogen and oxygen atoms in total. The maximum atomic E-state index is 6.21. The molecule has 1 aromatic carbocycles. The molecule has 0 radical (unpaired) electrons. The number of aromatic nitrogens is 3. The lowest BCUT2D eigenvalue weighted by Crippen LogP contribution is -2.10. The molecule has 2 heterocycles. The van der Waals surface area contributed by atoms with Crippen LogP contribution in [0.15, 0.2) is 42.5 Å². The van der Waals surface area contributed by atoms with Crippen LogP contribution in [-0.4, -0.2) is 14.6 Å². The van der Waals surface area contributed by atoms with Crippen LogP contribution in [0, 0.1) is 6.92 Å². The number of nitrogens with zero attached hydrogens (tertiary/aromatic N) is 3. The van der Waals surface area contributed by atoms with Gasteiger partial charge < -0.3 is 4.74 Å². The van der Waals surface area contributed by atoms with E-state index in [0.717, 1.165) is 41.9 Å². The van der Waals surface area contributed by atoms with Gasteiger partial charge in [-0.1, -0.05) is 61.7 Å². The van der Waals surface area contributed by atoms with Gasteiger partial charge in [-0.15, -0.1) is 0 Å². The Hall–Kier alpha value is -1.91. The number of hydrogen-bond donors (Lipinski definition) is 0. The molecule has 1 atom stereocenters. The molecule has 0 fully saturated rings. The first-order valence-corrected chi connectivity index (χ1v) is 8.74. The molecule has 0 bridgehead atoms. The van der Waals surface area contributed by atoms with Crippen molar-refractivity contribution < 1.29 is 4.74 Å². The second-order valence-electron chi connectivity index (χ2n) is 5.94. The van der Waals surface area contributed by atoms with Gasteiger partial charge in [0.2, 0.25) is 0 Å². The third-order valence-electron chi connectivity index (χ3n) is 4.07. The molecule has 0 spiro atoms. The van der Waals surface area contributed by atoms with Crippen LogP contribution >= 0.6 is 11.6 Å². The highest BCUT2D eigenvalue weighted by molar-refractivity contribution is 6.29. The Morgan fingerprint density at radius 2 is 1.96 bits per heavy atom. The average Bonchev–Trinajstić information content (AvgIpc) is 2.92. The molecular weight excluding hydrogens is 322 g/mol. The molecule has 3 aromatic rings. The van der Waals surface area contributed by atoms with Gasteiger partial charge >= 0.3 is 0 Å². The number of rotatable bonds is 7. The zero-order chi connectivity index (χ0) is 16.9. The van der Waals surface area contributed by atoms with Gasteiger partial charge in [0.05, 0.1) is 17.8 Å². The fourth-order valence-electron chi connectivity index (χ4n) is 2.78. The van der Waals surface area contributed by atoms with Crippen LogP contribution in [0.4, 0.5) is 0 Å². The summed E-state index contributed by atoms with van der Waals surface area (Å²) in [5.74, 6) is 0.828. The highest BCUT2D eigenvalue weighted by Gasteiger charge is 2.20. The number of halogens is 1. The standard InChI is InChI=1S/C19H22ClN3O/c1-3-4-10-17(24-13-15-8-6-5-7-9-15)19-21-14(2)16-11-12-18(20)22-23(16)19/h5-9,11-12,17H,3-4,10,13H2,1-2H3. The number of hydrogen-bond acceptors (Lipinski definition) is 3. The van der Waals surface area contributed by atoms with Crippen LogP contribution in [0.2, 0.25) is 5.15 Å². The minimum atomic E-state index is -0.0997. The number of benzene rings is 1. The molecule has 0 saturated heterocycles. The first-order valence-electron chi connectivity index (χ1n) is 8.36.